The zero-order valence-electron chi connectivity index (χ0n) is 6.00. The Morgan fingerprint density at radius 1 is 1.91 bits per heavy atom. The number of nitrogens with two attached hydrogens (primary N) is 1. The lowest BCUT2D eigenvalue weighted by atomic mass is 10.4. The molecule has 3 N–H and O–H groups in total. The summed E-state index contributed by atoms with van der Waals surface area (Å²) in [6.45, 7) is -0.0384. The average Bonchev–Trinajstić information content (AvgIpc) is 2.00. The topological polar surface area (TPSA) is 100 Å². The van der Waals surface area contributed by atoms with Gasteiger partial charge < -0.3 is 15.9 Å². The number of hydrogen-bond donors (Lipinski definition) is 2. The van der Waals surface area contributed by atoms with Gasteiger partial charge in [0.15, 0.2) is 0 Å². The minimum Gasteiger partial charge on any atom is -0.398 e. The van der Waals surface area contributed by atoms with Gasteiger partial charge in [0.05, 0.1) is 6.67 Å². The van der Waals surface area contributed by atoms with Crippen LogP contribution in [0, 0.1) is 11.3 Å². The maximum Gasteiger partial charge on any atom is 0.285 e. The molecule has 6 nitrogen and oxygen atoms in total. The second kappa shape index (κ2) is 5.20. The van der Waals surface area contributed by atoms with E-state index < -0.39 is 5.91 Å². The van der Waals surface area contributed by atoms with Crippen LogP contribution in [0.3, 0.4) is 0 Å². The first kappa shape index (κ1) is 9.39. The van der Waals surface area contributed by atoms with E-state index in [1.807, 2.05) is 0 Å². The third kappa shape index (κ3) is 3.17. The molecule has 0 aromatic rings. The summed E-state index contributed by atoms with van der Waals surface area (Å²) >= 11 is 0. The lowest BCUT2D eigenvalue weighted by Crippen LogP contribution is -2.34. The van der Waals surface area contributed by atoms with E-state index in [2.05, 4.69) is 15.3 Å². The van der Waals surface area contributed by atoms with Gasteiger partial charge in [0.1, 0.15) is 13.2 Å². The van der Waals surface area contributed by atoms with Crippen molar-refractivity contribution in [2.75, 3.05) is 13.8 Å². The van der Waals surface area contributed by atoms with E-state index in [1.54, 1.807) is 6.07 Å². The molecule has 0 unspecified atom stereocenters. The lowest BCUT2D eigenvalue weighted by molar-refractivity contribution is -0.114. The fraction of sp³-hybridized carbons (Fsp3) is 0.400. The zero-order chi connectivity index (χ0) is 8.69. The van der Waals surface area contributed by atoms with Crippen LogP contribution in [0.1, 0.15) is 0 Å². The quantitative estimate of drug-likeness (QED) is 0.296. The SMILES string of the molecule is CO/N=C(\C#N)C(=O)NCN. The third-order valence-electron chi connectivity index (χ3n) is 0.766. The average molecular weight is 156 g/mol. The number of nitrogens with one attached hydrogen (secondary N) is 1. The van der Waals surface area contributed by atoms with Crippen LogP contribution in [-0.2, 0) is 9.63 Å². The van der Waals surface area contributed by atoms with E-state index in [0.717, 1.165) is 0 Å². The van der Waals surface area contributed by atoms with Crippen molar-refractivity contribution in [1.82, 2.24) is 5.32 Å². The third-order valence-corrected chi connectivity index (χ3v) is 0.766. The molecule has 0 aliphatic carbocycles. The Morgan fingerprint density at radius 2 is 2.55 bits per heavy atom. The first-order valence-electron chi connectivity index (χ1n) is 2.75. The smallest absolute Gasteiger partial charge is 0.285 e. The van der Waals surface area contributed by atoms with Crippen molar-refractivity contribution in [1.29, 1.82) is 5.26 Å². The van der Waals surface area contributed by atoms with Crippen molar-refractivity contribution in [2.45, 2.75) is 0 Å². The van der Waals surface area contributed by atoms with Gasteiger partial charge in [0.2, 0.25) is 5.71 Å². The summed E-state index contributed by atoms with van der Waals surface area (Å²) in [5.41, 5.74) is 4.63. The highest BCUT2D eigenvalue weighted by Gasteiger charge is 2.08. The first-order chi connectivity index (χ1) is 5.26. The van der Waals surface area contributed by atoms with Crippen LogP contribution in [0.4, 0.5) is 0 Å². The zero-order valence-corrected chi connectivity index (χ0v) is 6.00. The van der Waals surface area contributed by atoms with Crippen LogP contribution in [0.15, 0.2) is 5.16 Å². The Labute approximate surface area is 63.6 Å². The van der Waals surface area contributed by atoms with E-state index >= 15 is 0 Å². The molecule has 0 atom stereocenters. The molecule has 0 saturated carbocycles. The van der Waals surface area contributed by atoms with E-state index in [4.69, 9.17) is 11.0 Å². The van der Waals surface area contributed by atoms with E-state index in [0.29, 0.717) is 0 Å². The number of oxime groups is 1. The van der Waals surface area contributed by atoms with Gasteiger partial charge in [-0.2, -0.15) is 5.26 Å². The molecule has 11 heavy (non-hydrogen) atoms. The molecule has 0 aromatic heterocycles. The molecule has 0 radical (unpaired) electrons. The highest BCUT2D eigenvalue weighted by Crippen LogP contribution is 1.77. The largest absolute Gasteiger partial charge is 0.398 e. The first-order valence-corrected chi connectivity index (χ1v) is 2.75. The highest BCUT2D eigenvalue weighted by molar-refractivity contribution is 6.44. The fourth-order valence-electron chi connectivity index (χ4n) is 0.380. The predicted octanol–water partition coefficient (Wildman–Crippen LogP) is -1.46. The summed E-state index contributed by atoms with van der Waals surface area (Å²) in [5.74, 6) is -0.642. The molecular formula is C5H8N4O2. The van der Waals surface area contributed by atoms with Crippen molar-refractivity contribution in [2.24, 2.45) is 10.9 Å². The Bertz CT molecular complexity index is 205. The van der Waals surface area contributed by atoms with E-state index in [9.17, 15) is 4.79 Å². The van der Waals surface area contributed by atoms with Crippen LogP contribution < -0.4 is 11.1 Å². The van der Waals surface area contributed by atoms with Gasteiger partial charge in [-0.25, -0.2) is 0 Å². The number of rotatable bonds is 3. The molecule has 0 aromatic carbocycles. The number of hydrogen-bond acceptors (Lipinski definition) is 5. The minimum atomic E-state index is -0.642. The number of carbonyl (C=O) groups is 1. The molecule has 60 valence electrons. The molecule has 0 heterocycles. The molecular weight excluding hydrogens is 148 g/mol. The summed E-state index contributed by atoms with van der Waals surface area (Å²) in [5, 5.41) is 13.6. The Kier molecular flexibility index (Phi) is 4.44. The van der Waals surface area contributed by atoms with Gasteiger partial charge >= 0.3 is 0 Å². The fourth-order valence-corrected chi connectivity index (χ4v) is 0.380. The van der Waals surface area contributed by atoms with Crippen LogP contribution >= 0.6 is 0 Å². The lowest BCUT2D eigenvalue weighted by Gasteiger charge is -1.96. The number of nitrogens with zero attached hydrogens (tertiary/aromatic N) is 2. The van der Waals surface area contributed by atoms with Crippen LogP contribution in [0.2, 0.25) is 0 Å². The van der Waals surface area contributed by atoms with Gasteiger partial charge in [0.25, 0.3) is 5.91 Å². The standard InChI is InChI=1S/C5H8N4O2/c1-11-9-4(2-6)5(10)8-3-7/h3,7H2,1H3,(H,8,10)/b9-4+. The Hall–Kier alpha value is -1.61. The maximum absolute atomic E-state index is 10.7. The van der Waals surface area contributed by atoms with E-state index in [-0.39, 0.29) is 12.4 Å². The van der Waals surface area contributed by atoms with Crippen molar-refractivity contribution in [3.63, 3.8) is 0 Å². The molecule has 0 rings (SSSR count). The molecule has 6 heteroatoms. The summed E-state index contributed by atoms with van der Waals surface area (Å²) in [7, 11) is 1.24. The molecule has 0 aliphatic heterocycles. The molecule has 0 fully saturated rings. The molecule has 1 amide bonds. The van der Waals surface area contributed by atoms with Gasteiger partial charge in [-0.15, -0.1) is 0 Å². The van der Waals surface area contributed by atoms with Gasteiger partial charge in [-0.3, -0.25) is 4.79 Å². The van der Waals surface area contributed by atoms with Crippen molar-refractivity contribution < 1.29 is 9.63 Å². The van der Waals surface area contributed by atoms with Crippen molar-refractivity contribution in [3.05, 3.63) is 0 Å². The predicted molar refractivity (Wildman–Crippen MR) is 37.3 cm³/mol. The van der Waals surface area contributed by atoms with Gasteiger partial charge in [-0.05, 0) is 0 Å². The molecule has 0 spiro atoms. The van der Waals surface area contributed by atoms with Gasteiger partial charge in [0, 0.05) is 0 Å². The van der Waals surface area contributed by atoms with Crippen LogP contribution in [0.25, 0.3) is 0 Å². The molecule has 0 aliphatic rings. The van der Waals surface area contributed by atoms with Gasteiger partial charge in [-0.1, -0.05) is 5.16 Å². The summed E-state index contributed by atoms with van der Waals surface area (Å²) in [4.78, 5) is 15.0. The van der Waals surface area contributed by atoms with Crippen molar-refractivity contribution >= 4 is 11.6 Å². The normalized spacial score (nSPS) is 10.1. The summed E-state index contributed by atoms with van der Waals surface area (Å²) in [6.07, 6.45) is 0. The Balaban J connectivity index is 4.18. The number of carbonyl (C=O) groups excluding carboxylic acids is 1. The summed E-state index contributed by atoms with van der Waals surface area (Å²) < 4.78 is 0. The summed E-state index contributed by atoms with van der Waals surface area (Å²) in [6, 6.07) is 1.54. The van der Waals surface area contributed by atoms with Crippen molar-refractivity contribution in [3.8, 4) is 6.07 Å². The minimum absolute atomic E-state index is 0.0384. The second-order valence-corrected chi connectivity index (χ2v) is 1.44. The van der Waals surface area contributed by atoms with E-state index in [1.165, 1.54) is 7.11 Å². The number of amides is 1. The molecule has 0 saturated heterocycles. The Morgan fingerprint density at radius 3 is 2.91 bits per heavy atom. The molecule has 0 bridgehead atoms. The highest BCUT2D eigenvalue weighted by atomic mass is 16.6. The second-order valence-electron chi connectivity index (χ2n) is 1.44. The van der Waals surface area contributed by atoms with Crippen LogP contribution in [-0.4, -0.2) is 25.4 Å². The maximum atomic E-state index is 10.7. The van der Waals surface area contributed by atoms with Crippen LogP contribution in [0.5, 0.6) is 0 Å². The number of nitriles is 1. The monoisotopic (exact) mass is 156 g/mol.